The van der Waals surface area contributed by atoms with Crippen LogP contribution in [0.2, 0.25) is 0 Å². The molecule has 0 N–H and O–H groups in total. The summed E-state index contributed by atoms with van der Waals surface area (Å²) < 4.78 is 0. The summed E-state index contributed by atoms with van der Waals surface area (Å²) in [5, 5.41) is 2.51. The fourth-order valence-electron chi connectivity index (χ4n) is 6.61. The third kappa shape index (κ3) is 5.60. The van der Waals surface area contributed by atoms with E-state index in [1.54, 1.807) is 0 Å². The first-order valence-electron chi connectivity index (χ1n) is 16.1. The number of rotatable bonds is 7. The van der Waals surface area contributed by atoms with Crippen molar-refractivity contribution < 1.29 is 0 Å². The molecule has 0 saturated carbocycles. The highest BCUT2D eigenvalue weighted by atomic mass is 15.1. The van der Waals surface area contributed by atoms with Crippen molar-refractivity contribution in [3.8, 4) is 44.5 Å². The molecule has 0 spiro atoms. The lowest BCUT2D eigenvalue weighted by Crippen LogP contribution is -2.11. The van der Waals surface area contributed by atoms with Crippen LogP contribution in [-0.4, -0.2) is 0 Å². The van der Waals surface area contributed by atoms with Crippen LogP contribution in [0.3, 0.4) is 0 Å². The molecule has 0 aliphatic rings. The molecule has 0 radical (unpaired) electrons. The van der Waals surface area contributed by atoms with E-state index in [-0.39, 0.29) is 0 Å². The molecule has 0 aliphatic heterocycles. The van der Waals surface area contributed by atoms with Crippen LogP contribution in [0.1, 0.15) is 0 Å². The van der Waals surface area contributed by atoms with Gasteiger partial charge in [-0.05, 0) is 80.0 Å². The Morgan fingerprint density at radius 3 is 1.49 bits per heavy atom. The number of nitrogens with zero attached hydrogens (tertiary/aromatic N) is 1. The summed E-state index contributed by atoms with van der Waals surface area (Å²) in [6, 6.07) is 71.7. The van der Waals surface area contributed by atoms with E-state index < -0.39 is 0 Å². The Hall–Kier alpha value is -6.18. The standard InChI is InChI=1S/C46H33N/c1-4-14-34(15-5-1)35-24-26-37(27-25-35)42-21-12-13-23-45(42)47(40-19-8-3-9-20-40)41-31-28-38(29-32-41)44-33-30-36-16-10-11-22-43(36)46(44)39-17-6-2-7-18-39/h1-33H. The number of fused-ring (bicyclic) bond motifs is 1. The summed E-state index contributed by atoms with van der Waals surface area (Å²) >= 11 is 0. The van der Waals surface area contributed by atoms with Crippen molar-refractivity contribution in [2.24, 2.45) is 0 Å². The largest absolute Gasteiger partial charge is 0.310 e. The molecule has 1 heteroatoms. The van der Waals surface area contributed by atoms with E-state index in [9.17, 15) is 0 Å². The third-order valence-electron chi connectivity index (χ3n) is 8.89. The quantitative estimate of drug-likeness (QED) is 0.176. The van der Waals surface area contributed by atoms with Crippen LogP contribution in [0.5, 0.6) is 0 Å². The highest BCUT2D eigenvalue weighted by Gasteiger charge is 2.18. The van der Waals surface area contributed by atoms with Gasteiger partial charge in [-0.2, -0.15) is 0 Å². The summed E-state index contributed by atoms with van der Waals surface area (Å²) in [6.07, 6.45) is 0. The molecule has 47 heavy (non-hydrogen) atoms. The molecule has 0 aromatic heterocycles. The van der Waals surface area contributed by atoms with Crippen molar-refractivity contribution in [2.45, 2.75) is 0 Å². The maximum Gasteiger partial charge on any atom is 0.0540 e. The molecule has 8 rings (SSSR count). The van der Waals surface area contributed by atoms with E-state index in [0.29, 0.717) is 0 Å². The predicted molar refractivity (Wildman–Crippen MR) is 200 cm³/mol. The zero-order valence-corrected chi connectivity index (χ0v) is 26.0. The van der Waals surface area contributed by atoms with Gasteiger partial charge in [-0.3, -0.25) is 0 Å². The maximum atomic E-state index is 2.36. The lowest BCUT2D eigenvalue weighted by molar-refractivity contribution is 1.28. The van der Waals surface area contributed by atoms with Crippen molar-refractivity contribution in [3.05, 3.63) is 200 Å². The summed E-state index contributed by atoms with van der Waals surface area (Å²) in [7, 11) is 0. The average Bonchev–Trinajstić information content (AvgIpc) is 3.16. The first kappa shape index (κ1) is 28.3. The maximum absolute atomic E-state index is 2.36. The van der Waals surface area contributed by atoms with Crippen LogP contribution in [-0.2, 0) is 0 Å². The Morgan fingerprint density at radius 2 is 0.766 bits per heavy atom. The Bertz CT molecular complexity index is 2250. The zero-order chi connectivity index (χ0) is 31.4. The van der Waals surface area contributed by atoms with Crippen LogP contribution in [0.4, 0.5) is 17.1 Å². The number of hydrogen-bond donors (Lipinski definition) is 0. The number of anilines is 3. The molecule has 8 aromatic carbocycles. The molecule has 0 unspecified atom stereocenters. The van der Waals surface area contributed by atoms with Gasteiger partial charge in [0.1, 0.15) is 0 Å². The summed E-state index contributed by atoms with van der Waals surface area (Å²) in [6.45, 7) is 0. The molecule has 8 aromatic rings. The predicted octanol–water partition coefficient (Wildman–Crippen LogP) is 13.0. The molecule has 0 bridgehead atoms. The topological polar surface area (TPSA) is 3.24 Å². The Kier molecular flexibility index (Phi) is 7.63. The van der Waals surface area contributed by atoms with Gasteiger partial charge >= 0.3 is 0 Å². The van der Waals surface area contributed by atoms with Gasteiger partial charge in [0, 0.05) is 16.9 Å². The van der Waals surface area contributed by atoms with Crippen molar-refractivity contribution in [2.75, 3.05) is 4.90 Å². The van der Waals surface area contributed by atoms with Crippen LogP contribution >= 0.6 is 0 Å². The number of hydrogen-bond acceptors (Lipinski definition) is 1. The average molecular weight is 600 g/mol. The minimum Gasteiger partial charge on any atom is -0.310 e. The van der Waals surface area contributed by atoms with E-state index in [4.69, 9.17) is 0 Å². The highest BCUT2D eigenvalue weighted by Crippen LogP contribution is 2.43. The van der Waals surface area contributed by atoms with E-state index in [1.807, 2.05) is 0 Å². The van der Waals surface area contributed by atoms with Crippen LogP contribution in [0.25, 0.3) is 55.3 Å². The Labute approximate surface area is 276 Å². The fraction of sp³-hybridized carbons (Fsp3) is 0. The second-order valence-electron chi connectivity index (χ2n) is 11.8. The number of para-hydroxylation sites is 2. The molecule has 0 amide bonds. The molecule has 0 aliphatic carbocycles. The van der Waals surface area contributed by atoms with E-state index in [0.717, 1.165) is 17.1 Å². The fourth-order valence-corrected chi connectivity index (χ4v) is 6.61. The van der Waals surface area contributed by atoms with E-state index in [1.165, 1.54) is 55.3 Å². The van der Waals surface area contributed by atoms with Crippen LogP contribution < -0.4 is 4.90 Å². The lowest BCUT2D eigenvalue weighted by Gasteiger charge is -2.28. The van der Waals surface area contributed by atoms with Crippen molar-refractivity contribution in [3.63, 3.8) is 0 Å². The van der Waals surface area contributed by atoms with E-state index in [2.05, 4.69) is 205 Å². The number of benzene rings is 8. The van der Waals surface area contributed by atoms with E-state index >= 15 is 0 Å². The molecule has 0 heterocycles. The summed E-state index contributed by atoms with van der Waals surface area (Å²) in [5.74, 6) is 0. The molecule has 0 fully saturated rings. The van der Waals surface area contributed by atoms with Gasteiger partial charge < -0.3 is 4.90 Å². The second kappa shape index (κ2) is 12.7. The van der Waals surface area contributed by atoms with Crippen molar-refractivity contribution >= 4 is 27.8 Å². The van der Waals surface area contributed by atoms with Crippen molar-refractivity contribution in [1.29, 1.82) is 0 Å². The normalized spacial score (nSPS) is 11.0. The van der Waals surface area contributed by atoms with Gasteiger partial charge in [0.05, 0.1) is 5.69 Å². The zero-order valence-electron chi connectivity index (χ0n) is 26.0. The molecule has 1 nitrogen and oxygen atoms in total. The van der Waals surface area contributed by atoms with Crippen LogP contribution in [0.15, 0.2) is 200 Å². The Balaban J connectivity index is 1.22. The minimum atomic E-state index is 1.11. The molecular formula is C46H33N. The summed E-state index contributed by atoms with van der Waals surface area (Å²) in [4.78, 5) is 2.36. The van der Waals surface area contributed by atoms with Gasteiger partial charge in [0.25, 0.3) is 0 Å². The monoisotopic (exact) mass is 599 g/mol. The highest BCUT2D eigenvalue weighted by molar-refractivity contribution is 6.04. The molecule has 222 valence electrons. The second-order valence-corrected chi connectivity index (χ2v) is 11.8. The van der Waals surface area contributed by atoms with Crippen LogP contribution in [0, 0.1) is 0 Å². The van der Waals surface area contributed by atoms with Gasteiger partial charge in [-0.25, -0.2) is 0 Å². The van der Waals surface area contributed by atoms with Gasteiger partial charge in [-0.1, -0.05) is 170 Å². The first-order valence-corrected chi connectivity index (χ1v) is 16.1. The molecule has 0 saturated heterocycles. The molecular weight excluding hydrogens is 567 g/mol. The SMILES string of the molecule is c1ccc(-c2ccc(-c3ccccc3N(c3ccccc3)c3ccc(-c4ccc5ccccc5c4-c4ccccc4)cc3)cc2)cc1. The smallest absolute Gasteiger partial charge is 0.0540 e. The Morgan fingerprint density at radius 1 is 0.277 bits per heavy atom. The minimum absolute atomic E-state index is 1.11. The van der Waals surface area contributed by atoms with Gasteiger partial charge in [0.2, 0.25) is 0 Å². The van der Waals surface area contributed by atoms with Crippen molar-refractivity contribution in [1.82, 2.24) is 0 Å². The third-order valence-corrected chi connectivity index (χ3v) is 8.89. The van der Waals surface area contributed by atoms with Gasteiger partial charge in [-0.15, -0.1) is 0 Å². The first-order chi connectivity index (χ1) is 23.3. The van der Waals surface area contributed by atoms with Gasteiger partial charge in [0.15, 0.2) is 0 Å². The molecule has 0 atom stereocenters. The lowest BCUT2D eigenvalue weighted by atomic mass is 9.89. The summed E-state index contributed by atoms with van der Waals surface area (Å²) in [5.41, 5.74) is 13.1.